The maximum absolute atomic E-state index is 13.2. The quantitative estimate of drug-likeness (QED) is 0.374. The van der Waals surface area contributed by atoms with Gasteiger partial charge in [-0.3, -0.25) is 4.98 Å². The number of esters is 1. The zero-order chi connectivity index (χ0) is 22.1. The number of halogens is 3. The minimum absolute atomic E-state index is 0.0124. The number of fused-ring (bicyclic) bond motifs is 1. The van der Waals surface area contributed by atoms with Crippen LogP contribution in [0.2, 0.25) is 0 Å². The summed E-state index contributed by atoms with van der Waals surface area (Å²) in [7, 11) is 0. The first-order valence-corrected chi connectivity index (χ1v) is 8.82. The molecule has 0 aliphatic heterocycles. The van der Waals surface area contributed by atoms with Gasteiger partial charge in [-0.15, -0.1) is 0 Å². The highest BCUT2D eigenvalue weighted by Crippen LogP contribution is 2.37. The van der Waals surface area contributed by atoms with Crippen molar-refractivity contribution in [1.29, 1.82) is 0 Å². The first-order chi connectivity index (χ1) is 14.1. The minimum atomic E-state index is -4.66. The van der Waals surface area contributed by atoms with Crippen LogP contribution < -0.4 is 5.63 Å². The van der Waals surface area contributed by atoms with Crippen LogP contribution in [0.1, 0.15) is 25.0 Å². The summed E-state index contributed by atoms with van der Waals surface area (Å²) < 4.78 is 49.9. The molecule has 0 saturated carbocycles. The van der Waals surface area contributed by atoms with Crippen LogP contribution in [0.5, 0.6) is 0 Å². The Kier molecular flexibility index (Phi) is 5.64. The predicted octanol–water partition coefficient (Wildman–Crippen LogP) is 4.73. The number of rotatable bonds is 4. The van der Waals surface area contributed by atoms with Gasteiger partial charge in [-0.2, -0.15) is 13.2 Å². The van der Waals surface area contributed by atoms with Crippen molar-refractivity contribution >= 4 is 22.3 Å². The number of hydrogen-bond acceptors (Lipinski definition) is 6. The Morgan fingerprint density at radius 3 is 2.47 bits per heavy atom. The first kappa shape index (κ1) is 21.1. The molecule has 2 aromatic heterocycles. The molecule has 0 aliphatic rings. The van der Waals surface area contributed by atoms with Gasteiger partial charge < -0.3 is 14.3 Å². The van der Waals surface area contributed by atoms with Gasteiger partial charge in [-0.05, 0) is 32.0 Å². The molecule has 0 aliphatic carbocycles. The predicted molar refractivity (Wildman–Crippen MR) is 103 cm³/mol. The molecule has 0 spiro atoms. The molecule has 156 valence electrons. The Labute approximate surface area is 168 Å². The fourth-order valence-corrected chi connectivity index (χ4v) is 2.99. The lowest BCUT2D eigenvalue weighted by Crippen LogP contribution is -2.13. The average Bonchev–Trinajstić information content (AvgIpc) is 2.69. The molecule has 3 rings (SSSR count). The number of alkyl halides is 3. The summed E-state index contributed by atoms with van der Waals surface area (Å²) in [4.78, 5) is 28.9. The molecule has 30 heavy (non-hydrogen) atoms. The van der Waals surface area contributed by atoms with Crippen molar-refractivity contribution in [3.05, 3.63) is 69.9 Å². The molecule has 0 amide bonds. The van der Waals surface area contributed by atoms with Crippen LogP contribution in [-0.2, 0) is 15.7 Å². The summed E-state index contributed by atoms with van der Waals surface area (Å²) in [5.74, 6) is -1.77. The summed E-state index contributed by atoms with van der Waals surface area (Å²) in [5.41, 5.74) is -2.61. The van der Waals surface area contributed by atoms with E-state index in [1.165, 1.54) is 19.1 Å². The Hall–Kier alpha value is -3.62. The van der Waals surface area contributed by atoms with E-state index in [2.05, 4.69) is 4.98 Å². The highest BCUT2D eigenvalue weighted by Gasteiger charge is 2.32. The lowest BCUT2D eigenvalue weighted by Gasteiger charge is -2.15. The molecule has 0 fully saturated rings. The zero-order valence-electron chi connectivity index (χ0n) is 15.9. The smallest absolute Gasteiger partial charge is 0.416 e. The Morgan fingerprint density at radius 2 is 1.87 bits per heavy atom. The standard InChI is InChI=1S/C21H16F3NO5/c1-3-29-20(28)16(11(2)26)17-13-6-4-5-7-14(13)19(27)30-18(17)15-10-12(8-9-25-15)21(22,23)24/h4-10,26H,3H2,1-2H3/b16-11+. The van der Waals surface area contributed by atoms with Gasteiger partial charge in [0.25, 0.3) is 0 Å². The van der Waals surface area contributed by atoms with Crippen LogP contribution in [-0.4, -0.2) is 22.7 Å². The molecule has 9 heteroatoms. The van der Waals surface area contributed by atoms with Crippen molar-refractivity contribution in [3.63, 3.8) is 0 Å². The van der Waals surface area contributed by atoms with Gasteiger partial charge in [0.05, 0.1) is 17.6 Å². The number of hydrogen-bond donors (Lipinski definition) is 1. The molecular weight excluding hydrogens is 403 g/mol. The number of ether oxygens (including phenoxy) is 1. The van der Waals surface area contributed by atoms with Crippen molar-refractivity contribution in [3.8, 4) is 11.5 Å². The topological polar surface area (TPSA) is 89.6 Å². The third-order valence-electron chi connectivity index (χ3n) is 4.25. The van der Waals surface area contributed by atoms with Gasteiger partial charge in [0.1, 0.15) is 17.0 Å². The summed E-state index contributed by atoms with van der Waals surface area (Å²) in [6.07, 6.45) is -3.75. The maximum atomic E-state index is 13.2. The van der Waals surface area contributed by atoms with Crippen molar-refractivity contribution in [2.45, 2.75) is 20.0 Å². The molecule has 1 aromatic carbocycles. The highest BCUT2D eigenvalue weighted by molar-refractivity contribution is 6.22. The second-order valence-corrected chi connectivity index (χ2v) is 6.25. The van der Waals surface area contributed by atoms with E-state index in [1.54, 1.807) is 19.1 Å². The number of aliphatic hydroxyl groups is 1. The number of allylic oxidation sites excluding steroid dienone is 1. The molecular formula is C21H16F3NO5. The van der Waals surface area contributed by atoms with E-state index in [-0.39, 0.29) is 40.0 Å². The Balaban J connectivity index is 2.44. The molecule has 3 aromatic rings. The number of benzene rings is 1. The largest absolute Gasteiger partial charge is 0.512 e. The highest BCUT2D eigenvalue weighted by atomic mass is 19.4. The van der Waals surface area contributed by atoms with Gasteiger partial charge in [0.2, 0.25) is 0 Å². The Bertz CT molecular complexity index is 1210. The molecule has 6 nitrogen and oxygen atoms in total. The molecule has 0 unspecified atom stereocenters. The van der Waals surface area contributed by atoms with Crippen LogP contribution >= 0.6 is 0 Å². The van der Waals surface area contributed by atoms with Gasteiger partial charge in [0, 0.05) is 17.1 Å². The van der Waals surface area contributed by atoms with E-state index >= 15 is 0 Å². The van der Waals surface area contributed by atoms with Crippen molar-refractivity contribution in [1.82, 2.24) is 4.98 Å². The Morgan fingerprint density at radius 1 is 1.20 bits per heavy atom. The third-order valence-corrected chi connectivity index (χ3v) is 4.25. The molecule has 0 radical (unpaired) electrons. The lowest BCUT2D eigenvalue weighted by atomic mass is 9.95. The number of carbonyl (C=O) groups excluding carboxylic acids is 1. The summed E-state index contributed by atoms with van der Waals surface area (Å²) in [6, 6.07) is 7.52. The number of nitrogens with zero attached hydrogens (tertiary/aromatic N) is 1. The fourth-order valence-electron chi connectivity index (χ4n) is 2.99. The molecule has 1 N–H and O–H groups in total. The lowest BCUT2D eigenvalue weighted by molar-refractivity contribution is -0.138. The monoisotopic (exact) mass is 419 g/mol. The zero-order valence-corrected chi connectivity index (χ0v) is 15.9. The van der Waals surface area contributed by atoms with Gasteiger partial charge in [0.15, 0.2) is 5.76 Å². The van der Waals surface area contributed by atoms with E-state index in [0.29, 0.717) is 6.07 Å². The normalized spacial score (nSPS) is 12.6. The van der Waals surface area contributed by atoms with Crippen LogP contribution in [0.4, 0.5) is 13.2 Å². The SMILES string of the molecule is CCOC(=O)/C(=C(\C)O)c1c(-c2cc(C(F)(F)F)ccn2)oc(=O)c2ccccc12. The van der Waals surface area contributed by atoms with Gasteiger partial charge in [-0.25, -0.2) is 9.59 Å². The van der Waals surface area contributed by atoms with Crippen LogP contribution in [0.25, 0.3) is 27.8 Å². The molecule has 2 heterocycles. The first-order valence-electron chi connectivity index (χ1n) is 8.82. The van der Waals surface area contributed by atoms with E-state index in [9.17, 15) is 27.9 Å². The summed E-state index contributed by atoms with van der Waals surface area (Å²) in [6.45, 7) is 2.76. The number of aliphatic hydroxyl groups excluding tert-OH is 1. The summed E-state index contributed by atoms with van der Waals surface area (Å²) >= 11 is 0. The number of aromatic nitrogens is 1. The molecule has 0 atom stereocenters. The van der Waals surface area contributed by atoms with Gasteiger partial charge in [-0.1, -0.05) is 18.2 Å². The average molecular weight is 419 g/mol. The van der Waals surface area contributed by atoms with Crippen LogP contribution in [0.3, 0.4) is 0 Å². The van der Waals surface area contributed by atoms with Crippen molar-refractivity contribution in [2.75, 3.05) is 6.61 Å². The molecule has 0 bridgehead atoms. The third kappa shape index (κ3) is 3.91. The van der Waals surface area contributed by atoms with Crippen LogP contribution in [0.15, 0.2) is 57.6 Å². The number of pyridine rings is 1. The maximum Gasteiger partial charge on any atom is 0.416 e. The van der Waals surface area contributed by atoms with Crippen LogP contribution in [0, 0.1) is 0 Å². The fraction of sp³-hybridized carbons (Fsp3) is 0.190. The van der Waals surface area contributed by atoms with E-state index in [4.69, 9.17) is 9.15 Å². The van der Waals surface area contributed by atoms with E-state index in [0.717, 1.165) is 12.3 Å². The molecule has 0 saturated heterocycles. The minimum Gasteiger partial charge on any atom is -0.512 e. The number of carbonyl (C=O) groups is 1. The van der Waals surface area contributed by atoms with Crippen molar-refractivity contribution in [2.24, 2.45) is 0 Å². The van der Waals surface area contributed by atoms with Gasteiger partial charge >= 0.3 is 17.8 Å². The van der Waals surface area contributed by atoms with Crippen molar-refractivity contribution < 1.29 is 32.2 Å². The second kappa shape index (κ2) is 8.02. The van der Waals surface area contributed by atoms with E-state index < -0.39 is 29.1 Å². The summed E-state index contributed by atoms with van der Waals surface area (Å²) in [5, 5.41) is 10.5. The van der Waals surface area contributed by atoms with E-state index in [1.807, 2.05) is 0 Å². The second-order valence-electron chi connectivity index (χ2n) is 6.25.